The van der Waals surface area contributed by atoms with Crippen molar-refractivity contribution in [3.63, 3.8) is 0 Å². The molecule has 2 nitrogen and oxygen atoms in total. The molecule has 0 bridgehead atoms. The molecule has 3 heteroatoms. The van der Waals surface area contributed by atoms with Gasteiger partial charge in [-0.2, -0.15) is 5.26 Å². The second kappa shape index (κ2) is 4.34. The van der Waals surface area contributed by atoms with E-state index in [-0.39, 0.29) is 0 Å². The minimum Gasteiger partial charge on any atom is -0.235 e. The number of aryl methyl sites for hydroxylation is 1. The molecule has 0 atom stereocenters. The van der Waals surface area contributed by atoms with Crippen molar-refractivity contribution in [2.24, 2.45) is 0 Å². The van der Waals surface area contributed by atoms with Gasteiger partial charge in [-0.1, -0.05) is 29.8 Å². The van der Waals surface area contributed by atoms with Gasteiger partial charge in [-0.15, -0.1) is 0 Å². The highest BCUT2D eigenvalue weighted by Gasteiger charge is 2.03. The highest BCUT2D eigenvalue weighted by molar-refractivity contribution is 6.31. The second-order valence-corrected chi connectivity index (χ2v) is 3.84. The molecule has 0 fully saturated rings. The van der Waals surface area contributed by atoms with E-state index < -0.39 is 0 Å². The monoisotopic (exact) mass is 228 g/mol. The number of hydrogen-bond acceptors (Lipinski definition) is 2. The third-order valence-electron chi connectivity index (χ3n) is 2.37. The standard InChI is InChI=1S/C13H9ClN2/c1-9-4-2-5-10-8-11(6-3-7-15)13(14)16-12(9)10/h2-6,8H,1H3. The van der Waals surface area contributed by atoms with Crippen LogP contribution in [-0.4, -0.2) is 4.98 Å². The normalized spacial score (nSPS) is 10.8. The number of halogens is 1. The maximum Gasteiger partial charge on any atom is 0.137 e. The van der Waals surface area contributed by atoms with Gasteiger partial charge >= 0.3 is 0 Å². The summed E-state index contributed by atoms with van der Waals surface area (Å²) in [7, 11) is 0. The number of allylic oxidation sites excluding steroid dienone is 1. The lowest BCUT2D eigenvalue weighted by Gasteiger charge is -2.04. The van der Waals surface area contributed by atoms with Crippen LogP contribution in [0.5, 0.6) is 0 Å². The van der Waals surface area contributed by atoms with Gasteiger partial charge in [-0.05, 0) is 24.6 Å². The molecule has 1 aromatic heterocycles. The van der Waals surface area contributed by atoms with E-state index in [0.29, 0.717) is 5.15 Å². The first-order valence-electron chi connectivity index (χ1n) is 4.84. The van der Waals surface area contributed by atoms with Gasteiger partial charge in [0.05, 0.1) is 11.6 Å². The molecular formula is C13H9ClN2. The van der Waals surface area contributed by atoms with Crippen molar-refractivity contribution >= 4 is 28.6 Å². The van der Waals surface area contributed by atoms with Gasteiger partial charge in [0.2, 0.25) is 0 Å². The van der Waals surface area contributed by atoms with Crippen LogP contribution in [0.15, 0.2) is 30.3 Å². The van der Waals surface area contributed by atoms with Crippen LogP contribution in [-0.2, 0) is 0 Å². The Labute approximate surface area is 98.8 Å². The van der Waals surface area contributed by atoms with E-state index in [4.69, 9.17) is 16.9 Å². The summed E-state index contributed by atoms with van der Waals surface area (Å²) < 4.78 is 0. The Morgan fingerprint density at radius 3 is 3.00 bits per heavy atom. The lowest BCUT2D eigenvalue weighted by molar-refractivity contribution is 1.35. The number of benzene rings is 1. The third-order valence-corrected chi connectivity index (χ3v) is 2.67. The van der Waals surface area contributed by atoms with Crippen molar-refractivity contribution in [1.29, 1.82) is 5.26 Å². The summed E-state index contributed by atoms with van der Waals surface area (Å²) in [5.41, 5.74) is 2.76. The zero-order valence-electron chi connectivity index (χ0n) is 8.74. The van der Waals surface area contributed by atoms with Gasteiger partial charge < -0.3 is 0 Å². The summed E-state index contributed by atoms with van der Waals surface area (Å²) in [6, 6.07) is 9.83. The summed E-state index contributed by atoms with van der Waals surface area (Å²) in [5, 5.41) is 9.93. The fraction of sp³-hybridized carbons (Fsp3) is 0.0769. The minimum absolute atomic E-state index is 0.424. The van der Waals surface area contributed by atoms with E-state index >= 15 is 0 Å². The molecule has 78 valence electrons. The SMILES string of the molecule is Cc1cccc2cc(C=CC#N)c(Cl)nc12. The van der Waals surface area contributed by atoms with Crippen LogP contribution in [0.3, 0.4) is 0 Å². The first-order chi connectivity index (χ1) is 7.72. The number of nitrogens with zero attached hydrogens (tertiary/aromatic N) is 2. The van der Waals surface area contributed by atoms with E-state index in [9.17, 15) is 0 Å². The van der Waals surface area contributed by atoms with Gasteiger partial charge in [-0.25, -0.2) is 4.98 Å². The van der Waals surface area contributed by atoms with E-state index in [1.165, 1.54) is 6.08 Å². The number of pyridine rings is 1. The van der Waals surface area contributed by atoms with Crippen molar-refractivity contribution in [3.05, 3.63) is 46.6 Å². The van der Waals surface area contributed by atoms with Crippen LogP contribution in [0, 0.1) is 18.3 Å². The molecule has 16 heavy (non-hydrogen) atoms. The van der Waals surface area contributed by atoms with Crippen LogP contribution in [0.2, 0.25) is 5.15 Å². The van der Waals surface area contributed by atoms with Gasteiger partial charge in [-0.3, -0.25) is 0 Å². The summed E-state index contributed by atoms with van der Waals surface area (Å²) in [6.45, 7) is 2.00. The smallest absolute Gasteiger partial charge is 0.137 e. The summed E-state index contributed by atoms with van der Waals surface area (Å²) >= 11 is 6.04. The van der Waals surface area contributed by atoms with Crippen molar-refractivity contribution in [3.8, 4) is 6.07 Å². The summed E-state index contributed by atoms with van der Waals surface area (Å²) in [6.07, 6.45) is 3.06. The number of nitriles is 1. The fourth-order valence-corrected chi connectivity index (χ4v) is 1.79. The largest absolute Gasteiger partial charge is 0.235 e. The molecule has 0 amide bonds. The molecule has 2 aromatic rings. The summed E-state index contributed by atoms with van der Waals surface area (Å²) in [5.74, 6) is 0. The van der Waals surface area contributed by atoms with E-state index in [1.54, 1.807) is 6.08 Å². The molecule has 0 aliphatic rings. The molecule has 0 aliphatic heterocycles. The van der Waals surface area contributed by atoms with Crippen LogP contribution in [0.25, 0.3) is 17.0 Å². The van der Waals surface area contributed by atoms with Crippen LogP contribution in [0.4, 0.5) is 0 Å². The predicted molar refractivity (Wildman–Crippen MR) is 66.1 cm³/mol. The van der Waals surface area contributed by atoms with E-state index in [1.807, 2.05) is 37.3 Å². The topological polar surface area (TPSA) is 36.7 Å². The molecule has 0 aliphatic carbocycles. The average molecular weight is 229 g/mol. The molecule has 0 saturated carbocycles. The Bertz CT molecular complexity index is 609. The second-order valence-electron chi connectivity index (χ2n) is 3.48. The Morgan fingerprint density at radius 2 is 2.25 bits per heavy atom. The maximum atomic E-state index is 8.48. The third kappa shape index (κ3) is 1.91. The molecular weight excluding hydrogens is 220 g/mol. The Balaban J connectivity index is 2.68. The first kappa shape index (κ1) is 10.7. The number of para-hydroxylation sites is 1. The Kier molecular flexibility index (Phi) is 2.89. The van der Waals surface area contributed by atoms with E-state index in [2.05, 4.69) is 4.98 Å². The van der Waals surface area contributed by atoms with Crippen molar-refractivity contribution in [2.75, 3.05) is 0 Å². The van der Waals surface area contributed by atoms with Crippen molar-refractivity contribution < 1.29 is 0 Å². The zero-order valence-corrected chi connectivity index (χ0v) is 9.49. The lowest BCUT2D eigenvalue weighted by atomic mass is 10.1. The molecule has 1 heterocycles. The molecule has 0 radical (unpaired) electrons. The van der Waals surface area contributed by atoms with Crippen molar-refractivity contribution in [2.45, 2.75) is 6.92 Å². The fourth-order valence-electron chi connectivity index (χ4n) is 1.58. The number of hydrogen-bond donors (Lipinski definition) is 0. The lowest BCUT2D eigenvalue weighted by Crippen LogP contribution is -1.87. The number of fused-ring (bicyclic) bond motifs is 1. The van der Waals surface area contributed by atoms with Gasteiger partial charge in [0.15, 0.2) is 0 Å². The predicted octanol–water partition coefficient (Wildman–Crippen LogP) is 3.73. The van der Waals surface area contributed by atoms with Crippen LogP contribution >= 0.6 is 11.6 Å². The number of aromatic nitrogens is 1. The molecule has 0 saturated heterocycles. The molecule has 0 spiro atoms. The molecule has 1 aromatic carbocycles. The van der Waals surface area contributed by atoms with Gasteiger partial charge in [0.1, 0.15) is 5.15 Å². The molecule has 2 rings (SSSR count). The van der Waals surface area contributed by atoms with Gasteiger partial charge in [0.25, 0.3) is 0 Å². The Hall–Kier alpha value is -1.85. The quantitative estimate of drug-likeness (QED) is 0.551. The number of rotatable bonds is 1. The highest BCUT2D eigenvalue weighted by atomic mass is 35.5. The summed E-state index contributed by atoms with van der Waals surface area (Å²) in [4.78, 5) is 4.33. The van der Waals surface area contributed by atoms with Gasteiger partial charge in [0, 0.05) is 17.0 Å². The zero-order chi connectivity index (χ0) is 11.5. The average Bonchev–Trinajstić information content (AvgIpc) is 2.28. The molecule has 0 unspecified atom stereocenters. The van der Waals surface area contributed by atoms with Crippen LogP contribution in [0.1, 0.15) is 11.1 Å². The van der Waals surface area contributed by atoms with Crippen molar-refractivity contribution in [1.82, 2.24) is 4.98 Å². The maximum absolute atomic E-state index is 8.48. The minimum atomic E-state index is 0.424. The van der Waals surface area contributed by atoms with Crippen LogP contribution < -0.4 is 0 Å². The molecule has 0 N–H and O–H groups in total. The first-order valence-corrected chi connectivity index (χ1v) is 5.22. The Morgan fingerprint density at radius 1 is 1.44 bits per heavy atom. The van der Waals surface area contributed by atoms with E-state index in [0.717, 1.165) is 22.0 Å². The highest BCUT2D eigenvalue weighted by Crippen LogP contribution is 2.23.